The number of halogens is 1. The third kappa shape index (κ3) is 3.43. The Bertz CT molecular complexity index is 420. The van der Waals surface area contributed by atoms with Gasteiger partial charge in [-0.05, 0) is 22.0 Å². The van der Waals surface area contributed by atoms with Gasteiger partial charge in [-0.15, -0.1) is 0 Å². The van der Waals surface area contributed by atoms with E-state index in [0.29, 0.717) is 6.54 Å². The fourth-order valence-corrected chi connectivity index (χ4v) is 2.34. The number of hydrogen-bond donors (Lipinski definition) is 0. The minimum atomic E-state index is -0.174. The number of carbonyl (C=O) groups excluding carboxylic acids is 1. The third-order valence-electron chi connectivity index (χ3n) is 3.01. The van der Waals surface area contributed by atoms with Gasteiger partial charge < -0.3 is 9.64 Å². The Morgan fingerprint density at radius 3 is 2.72 bits per heavy atom. The average molecular weight is 314 g/mol. The monoisotopic (exact) mass is 313 g/mol. The van der Waals surface area contributed by atoms with Crippen LogP contribution in [0.2, 0.25) is 0 Å². The van der Waals surface area contributed by atoms with Gasteiger partial charge >= 0.3 is 5.97 Å². The molecule has 5 nitrogen and oxygen atoms in total. The first-order chi connectivity index (χ1) is 8.69. The third-order valence-corrected chi connectivity index (χ3v) is 3.44. The van der Waals surface area contributed by atoms with Crippen molar-refractivity contribution in [3.8, 4) is 0 Å². The number of aromatic nitrogens is 1. The van der Waals surface area contributed by atoms with Crippen molar-refractivity contribution in [3.63, 3.8) is 0 Å². The van der Waals surface area contributed by atoms with E-state index in [9.17, 15) is 4.79 Å². The molecular weight excluding hydrogens is 298 g/mol. The summed E-state index contributed by atoms with van der Waals surface area (Å²) >= 11 is 3.42. The molecule has 0 amide bonds. The molecule has 0 atom stereocenters. The number of pyridine rings is 1. The second-order valence-electron chi connectivity index (χ2n) is 4.20. The molecular formula is C12H16BrN3O2. The molecule has 0 saturated carbocycles. The molecule has 0 N–H and O–H groups in total. The zero-order chi connectivity index (χ0) is 13.0. The number of rotatable bonds is 3. The van der Waals surface area contributed by atoms with E-state index in [-0.39, 0.29) is 5.97 Å². The lowest BCUT2D eigenvalue weighted by molar-refractivity contribution is -0.142. The van der Waals surface area contributed by atoms with Crippen LogP contribution in [0, 0.1) is 0 Å². The molecule has 0 aliphatic carbocycles. The largest absolute Gasteiger partial charge is 0.468 e. The molecule has 0 unspecified atom stereocenters. The van der Waals surface area contributed by atoms with Crippen LogP contribution in [0.25, 0.3) is 0 Å². The summed E-state index contributed by atoms with van der Waals surface area (Å²) < 4.78 is 5.65. The van der Waals surface area contributed by atoms with Crippen LogP contribution >= 0.6 is 15.9 Å². The van der Waals surface area contributed by atoms with Crippen LogP contribution in [0.5, 0.6) is 0 Å². The van der Waals surface area contributed by atoms with Crippen molar-refractivity contribution in [3.05, 3.63) is 22.9 Å². The van der Waals surface area contributed by atoms with E-state index in [2.05, 4.69) is 41.5 Å². The lowest BCUT2D eigenvalue weighted by Crippen LogP contribution is -2.48. The van der Waals surface area contributed by atoms with Crippen molar-refractivity contribution in [2.24, 2.45) is 0 Å². The standard InChI is InChI=1S/C12H16BrN3O2/c1-18-12(17)9-15-2-4-16(5-3-15)11-6-10(13)7-14-8-11/h6-8H,2-5,9H2,1H3. The van der Waals surface area contributed by atoms with Crippen molar-refractivity contribution < 1.29 is 9.53 Å². The topological polar surface area (TPSA) is 45.7 Å². The highest BCUT2D eigenvalue weighted by atomic mass is 79.9. The van der Waals surface area contributed by atoms with Crippen molar-refractivity contribution >= 4 is 27.6 Å². The first-order valence-corrected chi connectivity index (χ1v) is 6.63. The molecule has 1 aliphatic heterocycles. The van der Waals surface area contributed by atoms with Crippen LogP contribution in [0.15, 0.2) is 22.9 Å². The SMILES string of the molecule is COC(=O)CN1CCN(c2cncc(Br)c2)CC1. The maximum absolute atomic E-state index is 11.2. The first-order valence-electron chi connectivity index (χ1n) is 5.83. The first kappa shape index (κ1) is 13.3. The van der Waals surface area contributed by atoms with E-state index in [4.69, 9.17) is 0 Å². The maximum Gasteiger partial charge on any atom is 0.319 e. The molecule has 1 aromatic rings. The zero-order valence-corrected chi connectivity index (χ0v) is 11.9. The van der Waals surface area contributed by atoms with Gasteiger partial charge in [0.05, 0.1) is 25.5 Å². The number of ether oxygens (including phenoxy) is 1. The van der Waals surface area contributed by atoms with Gasteiger partial charge in [-0.2, -0.15) is 0 Å². The molecule has 18 heavy (non-hydrogen) atoms. The molecule has 0 radical (unpaired) electrons. The van der Waals surface area contributed by atoms with Crippen LogP contribution in [-0.4, -0.2) is 55.7 Å². The van der Waals surface area contributed by atoms with Gasteiger partial charge in [0.2, 0.25) is 0 Å². The van der Waals surface area contributed by atoms with Gasteiger partial charge in [-0.25, -0.2) is 0 Å². The van der Waals surface area contributed by atoms with E-state index in [1.54, 1.807) is 6.20 Å². The van der Waals surface area contributed by atoms with Crippen LogP contribution in [0.3, 0.4) is 0 Å². The summed E-state index contributed by atoms with van der Waals surface area (Å²) in [7, 11) is 1.42. The highest BCUT2D eigenvalue weighted by molar-refractivity contribution is 9.10. The smallest absolute Gasteiger partial charge is 0.319 e. The number of nitrogens with zero attached hydrogens (tertiary/aromatic N) is 3. The second kappa shape index (κ2) is 6.15. The molecule has 2 rings (SSSR count). The van der Waals surface area contributed by atoms with Crippen molar-refractivity contribution in [2.75, 3.05) is 44.7 Å². The molecule has 2 heterocycles. The zero-order valence-electron chi connectivity index (χ0n) is 10.3. The summed E-state index contributed by atoms with van der Waals surface area (Å²) in [6.07, 6.45) is 3.64. The highest BCUT2D eigenvalue weighted by Gasteiger charge is 2.19. The second-order valence-corrected chi connectivity index (χ2v) is 5.12. The highest BCUT2D eigenvalue weighted by Crippen LogP contribution is 2.19. The predicted octanol–water partition coefficient (Wildman–Crippen LogP) is 1.14. The average Bonchev–Trinajstić information content (AvgIpc) is 2.39. The minimum Gasteiger partial charge on any atom is -0.468 e. The van der Waals surface area contributed by atoms with Gasteiger partial charge in [-0.3, -0.25) is 14.7 Å². The molecule has 1 saturated heterocycles. The Balaban J connectivity index is 1.88. The fraction of sp³-hybridized carbons (Fsp3) is 0.500. The molecule has 0 aromatic carbocycles. The Labute approximate surface area is 115 Å². The quantitative estimate of drug-likeness (QED) is 0.783. The molecule has 6 heteroatoms. The van der Waals surface area contributed by atoms with Gasteiger partial charge in [0.15, 0.2) is 0 Å². The van der Waals surface area contributed by atoms with Gasteiger partial charge in [0, 0.05) is 36.8 Å². The summed E-state index contributed by atoms with van der Waals surface area (Å²) in [5.74, 6) is -0.174. The number of methoxy groups -OCH3 is 1. The molecule has 98 valence electrons. The van der Waals surface area contributed by atoms with E-state index in [1.165, 1.54) is 7.11 Å². The van der Waals surface area contributed by atoms with E-state index in [0.717, 1.165) is 36.3 Å². The summed E-state index contributed by atoms with van der Waals surface area (Å²) in [6, 6.07) is 2.06. The van der Waals surface area contributed by atoms with Crippen molar-refractivity contribution in [1.82, 2.24) is 9.88 Å². The van der Waals surface area contributed by atoms with E-state index >= 15 is 0 Å². The Kier molecular flexibility index (Phi) is 4.54. The van der Waals surface area contributed by atoms with Crippen LogP contribution in [-0.2, 0) is 9.53 Å². The number of piperazine rings is 1. The molecule has 1 fully saturated rings. The summed E-state index contributed by atoms with van der Waals surface area (Å²) in [5, 5.41) is 0. The summed E-state index contributed by atoms with van der Waals surface area (Å²) in [4.78, 5) is 19.7. The molecule has 0 bridgehead atoms. The number of esters is 1. The van der Waals surface area contributed by atoms with E-state index < -0.39 is 0 Å². The van der Waals surface area contributed by atoms with E-state index in [1.807, 2.05) is 6.20 Å². The summed E-state index contributed by atoms with van der Waals surface area (Å²) in [5.41, 5.74) is 1.11. The predicted molar refractivity (Wildman–Crippen MR) is 72.6 cm³/mol. The van der Waals surface area contributed by atoms with Crippen LogP contribution in [0.1, 0.15) is 0 Å². The molecule has 1 aliphatic rings. The number of carbonyl (C=O) groups is 1. The maximum atomic E-state index is 11.2. The molecule has 1 aromatic heterocycles. The number of anilines is 1. The fourth-order valence-electron chi connectivity index (χ4n) is 1.98. The molecule has 0 spiro atoms. The lowest BCUT2D eigenvalue weighted by Gasteiger charge is -2.35. The lowest BCUT2D eigenvalue weighted by atomic mass is 10.3. The van der Waals surface area contributed by atoms with Crippen LogP contribution < -0.4 is 4.90 Å². The summed E-state index contributed by atoms with van der Waals surface area (Å²) in [6.45, 7) is 3.90. The Morgan fingerprint density at radius 1 is 1.39 bits per heavy atom. The van der Waals surface area contributed by atoms with Crippen molar-refractivity contribution in [2.45, 2.75) is 0 Å². The van der Waals surface area contributed by atoms with Gasteiger partial charge in [0.25, 0.3) is 0 Å². The Hall–Kier alpha value is -1.14. The Morgan fingerprint density at radius 2 is 2.11 bits per heavy atom. The number of hydrogen-bond acceptors (Lipinski definition) is 5. The van der Waals surface area contributed by atoms with Crippen LogP contribution in [0.4, 0.5) is 5.69 Å². The van der Waals surface area contributed by atoms with Crippen molar-refractivity contribution in [1.29, 1.82) is 0 Å². The van der Waals surface area contributed by atoms with Gasteiger partial charge in [0.1, 0.15) is 0 Å². The normalized spacial score (nSPS) is 16.7. The van der Waals surface area contributed by atoms with Gasteiger partial charge in [-0.1, -0.05) is 0 Å². The minimum absolute atomic E-state index is 0.174.